The number of thioether (sulfide) groups is 1. The minimum Gasteiger partial charge on any atom is -0.338 e. The van der Waals surface area contributed by atoms with Crippen LogP contribution in [0.5, 0.6) is 0 Å². The predicted octanol–water partition coefficient (Wildman–Crippen LogP) is 7.60. The molecule has 2 aromatic rings. The highest BCUT2D eigenvalue weighted by Crippen LogP contribution is 2.43. The maximum Gasteiger partial charge on any atom is 0.367 e. The van der Waals surface area contributed by atoms with Gasteiger partial charge in [-0.2, -0.15) is 0 Å². The van der Waals surface area contributed by atoms with E-state index in [0.29, 0.717) is 10.6 Å². The van der Waals surface area contributed by atoms with E-state index in [1.165, 1.54) is 28.5 Å². The van der Waals surface area contributed by atoms with Gasteiger partial charge < -0.3 is 4.52 Å². The Morgan fingerprint density at radius 3 is 1.62 bits per heavy atom. The molecule has 0 unspecified atom stereocenters. The normalized spacial score (nSPS) is 14.2. The third-order valence-electron chi connectivity index (χ3n) is 5.66. The number of rotatable bonds is 2. The highest BCUT2D eigenvalue weighted by atomic mass is 32.2. The summed E-state index contributed by atoms with van der Waals surface area (Å²) in [7, 11) is 0. The molecule has 1 aromatic carbocycles. The van der Waals surface area contributed by atoms with Crippen molar-refractivity contribution in [3.8, 4) is 0 Å². The molecule has 1 heterocycles. The fourth-order valence-electron chi connectivity index (χ4n) is 3.66. The van der Waals surface area contributed by atoms with Gasteiger partial charge in [-0.3, -0.25) is 0 Å². The Hall–Kier alpha value is -1.75. The van der Waals surface area contributed by atoms with Crippen LogP contribution in [0.4, 0.5) is 5.69 Å². The molecule has 178 valence electrons. The number of hydrogen-bond donors (Lipinski definition) is 1. The minimum atomic E-state index is -0.371. The molecule has 0 atom stereocenters. The number of hydrogen-bond acceptors (Lipinski definition) is 4. The summed E-state index contributed by atoms with van der Waals surface area (Å²) >= 11 is 1.49. The van der Waals surface area contributed by atoms with E-state index in [9.17, 15) is 4.79 Å². The molecule has 0 bridgehead atoms. The Bertz CT molecular complexity index is 1020. The summed E-state index contributed by atoms with van der Waals surface area (Å²) in [6.07, 6.45) is 1.97. The number of benzene rings is 1. The third-order valence-corrected chi connectivity index (χ3v) is 6.34. The lowest BCUT2D eigenvalue weighted by Crippen LogP contribution is -2.22. The summed E-state index contributed by atoms with van der Waals surface area (Å²) in [6.45, 7) is 26.3. The molecule has 32 heavy (non-hydrogen) atoms. The number of nitrogens with one attached hydrogen (secondary N) is 1. The van der Waals surface area contributed by atoms with Gasteiger partial charge in [-0.25, -0.2) is 14.9 Å². The predicted molar refractivity (Wildman–Crippen MR) is 140 cm³/mol. The Morgan fingerprint density at radius 1 is 0.812 bits per heavy atom. The van der Waals surface area contributed by atoms with Crippen molar-refractivity contribution in [3.63, 3.8) is 0 Å². The summed E-state index contributed by atoms with van der Waals surface area (Å²) in [4.78, 5) is 17.9. The van der Waals surface area contributed by atoms with Crippen LogP contribution in [0.2, 0.25) is 0 Å². The zero-order valence-electron chi connectivity index (χ0n) is 22.3. The molecule has 5 heteroatoms. The van der Waals surface area contributed by atoms with Crippen molar-refractivity contribution in [2.75, 3.05) is 6.26 Å². The highest BCUT2D eigenvalue weighted by molar-refractivity contribution is 8.13. The summed E-state index contributed by atoms with van der Waals surface area (Å²) in [5, 5.41) is 3.54. The lowest BCUT2D eigenvalue weighted by molar-refractivity contribution is 0.370. The summed E-state index contributed by atoms with van der Waals surface area (Å²) in [5.41, 5.74) is 5.11. The van der Waals surface area contributed by atoms with Crippen LogP contribution in [-0.2, 0) is 21.7 Å². The first kappa shape index (κ1) is 26.5. The fourth-order valence-corrected chi connectivity index (χ4v) is 4.23. The van der Waals surface area contributed by atoms with Crippen LogP contribution in [0.1, 0.15) is 111 Å². The first-order chi connectivity index (χ1) is 14.3. The van der Waals surface area contributed by atoms with Gasteiger partial charge >= 0.3 is 5.63 Å². The smallest absolute Gasteiger partial charge is 0.338 e. The van der Waals surface area contributed by atoms with Crippen LogP contribution in [-0.4, -0.2) is 16.5 Å². The quantitative estimate of drug-likeness (QED) is 0.372. The Kier molecular flexibility index (Phi) is 7.08. The van der Waals surface area contributed by atoms with Crippen molar-refractivity contribution >= 4 is 22.5 Å². The molecule has 0 aliphatic carbocycles. The molecule has 1 aromatic heterocycles. The average Bonchev–Trinajstić information content (AvgIpc) is 2.98. The topological polar surface area (TPSA) is 58.4 Å². The van der Waals surface area contributed by atoms with E-state index in [4.69, 9.17) is 9.52 Å². The van der Waals surface area contributed by atoms with Crippen LogP contribution >= 0.6 is 11.8 Å². The monoisotopic (exact) mass is 458 g/mol. The third kappa shape index (κ3) is 5.59. The highest BCUT2D eigenvalue weighted by Gasteiger charge is 2.31. The van der Waals surface area contributed by atoms with Crippen molar-refractivity contribution in [1.29, 1.82) is 0 Å². The zero-order chi connectivity index (χ0) is 24.9. The van der Waals surface area contributed by atoms with Crippen LogP contribution in [0.3, 0.4) is 0 Å². The van der Waals surface area contributed by atoms with E-state index < -0.39 is 0 Å². The van der Waals surface area contributed by atoms with Crippen LogP contribution in [0.15, 0.2) is 26.4 Å². The standard InChI is InChI=1S/C27H42N2O2S/c1-24(2,3)16-14-17(25(4,5)6)20(18(15-16)26(7,8)9)28-22(32-13)19-21(27(10,11)12)29-31-23(19)30/h14-15,29H,1-13H3. The number of H-pyrrole nitrogens is 1. The minimum absolute atomic E-state index is 0.0195. The molecule has 4 nitrogen and oxygen atoms in total. The molecule has 0 saturated carbocycles. The Labute approximate surface area is 198 Å². The van der Waals surface area contributed by atoms with E-state index in [0.717, 1.165) is 11.4 Å². The van der Waals surface area contributed by atoms with E-state index >= 15 is 0 Å². The molecule has 0 amide bonds. The van der Waals surface area contributed by atoms with E-state index in [2.05, 4.69) is 100 Å². The number of aliphatic imine (C=N–C) groups is 1. The zero-order valence-corrected chi connectivity index (χ0v) is 23.1. The molecule has 0 aliphatic heterocycles. The van der Waals surface area contributed by atoms with Crippen molar-refractivity contribution in [1.82, 2.24) is 5.16 Å². The second-order valence-electron chi connectivity index (χ2n) is 12.8. The van der Waals surface area contributed by atoms with Gasteiger partial charge in [0.15, 0.2) is 0 Å². The first-order valence-corrected chi connectivity index (χ1v) is 12.6. The molecule has 1 N–H and O–H groups in total. The van der Waals surface area contributed by atoms with E-state index in [-0.39, 0.29) is 27.3 Å². The number of aromatic amines is 1. The first-order valence-electron chi connectivity index (χ1n) is 11.3. The Morgan fingerprint density at radius 2 is 1.28 bits per heavy atom. The largest absolute Gasteiger partial charge is 0.367 e. The molecule has 0 spiro atoms. The van der Waals surface area contributed by atoms with Crippen molar-refractivity contribution in [3.05, 3.63) is 50.5 Å². The molecular weight excluding hydrogens is 416 g/mol. The second kappa shape index (κ2) is 8.55. The van der Waals surface area contributed by atoms with Crippen molar-refractivity contribution in [2.45, 2.75) is 105 Å². The van der Waals surface area contributed by atoms with Crippen LogP contribution in [0.25, 0.3) is 0 Å². The average molecular weight is 459 g/mol. The summed E-state index contributed by atoms with van der Waals surface area (Å²) < 4.78 is 5.23. The maximum atomic E-state index is 12.7. The Balaban J connectivity index is 3.00. The molecule has 0 fully saturated rings. The van der Waals surface area contributed by atoms with Gasteiger partial charge in [-0.15, -0.1) is 11.8 Å². The van der Waals surface area contributed by atoms with Crippen molar-refractivity contribution in [2.24, 2.45) is 4.99 Å². The van der Waals surface area contributed by atoms with Gasteiger partial charge in [0, 0.05) is 5.41 Å². The summed E-state index contributed by atoms with van der Waals surface area (Å²) in [6, 6.07) is 4.60. The van der Waals surface area contributed by atoms with E-state index in [1.54, 1.807) is 0 Å². The molecule has 0 saturated heterocycles. The van der Waals surface area contributed by atoms with Crippen LogP contribution in [0, 0.1) is 0 Å². The van der Waals surface area contributed by atoms with E-state index in [1.807, 2.05) is 6.26 Å². The van der Waals surface area contributed by atoms with Gasteiger partial charge in [-0.05, 0) is 39.2 Å². The summed E-state index contributed by atoms with van der Waals surface area (Å²) in [5.74, 6) is 0. The number of aromatic nitrogens is 1. The molecule has 2 rings (SSSR count). The van der Waals surface area contributed by atoms with Gasteiger partial charge in [0.25, 0.3) is 0 Å². The SMILES string of the molecule is CSC(=Nc1c(C(C)(C)C)cc(C(C)(C)C)cc1C(C)(C)C)c1c(C(C)(C)C)[nH]oc1=O. The van der Waals surface area contributed by atoms with Crippen molar-refractivity contribution < 1.29 is 4.52 Å². The molecule has 0 aliphatic rings. The van der Waals surface area contributed by atoms with Gasteiger partial charge in [0.1, 0.15) is 10.6 Å². The van der Waals surface area contributed by atoms with Gasteiger partial charge in [-0.1, -0.05) is 95.2 Å². The number of nitrogens with zero attached hydrogens (tertiary/aromatic N) is 1. The maximum absolute atomic E-state index is 12.7. The van der Waals surface area contributed by atoms with Gasteiger partial charge in [0.2, 0.25) is 0 Å². The molecular formula is C27H42N2O2S. The van der Waals surface area contributed by atoms with Gasteiger partial charge in [0.05, 0.1) is 11.4 Å². The fraction of sp³-hybridized carbons (Fsp3) is 0.630. The van der Waals surface area contributed by atoms with Crippen LogP contribution < -0.4 is 5.63 Å². The molecule has 0 radical (unpaired) electrons. The lowest BCUT2D eigenvalue weighted by atomic mass is 9.74. The lowest BCUT2D eigenvalue weighted by Gasteiger charge is -2.32. The second-order valence-corrected chi connectivity index (χ2v) is 13.6.